The Balaban J connectivity index is 1.64. The standard InChI is InChI=1S/C19H19ClN2O5/c1-22(2)17(23)11-27-14-5-3-13(4-6-14)21-19(24)12-9-15(20)18-16(10-12)25-7-8-26-18/h3-6,9-10H,7-8,11H2,1-2H3,(H,21,24). The molecule has 0 aromatic heterocycles. The molecule has 0 spiro atoms. The first-order valence-corrected chi connectivity index (χ1v) is 8.65. The Morgan fingerprint density at radius 2 is 1.85 bits per heavy atom. The lowest BCUT2D eigenvalue weighted by molar-refractivity contribution is -0.130. The van der Waals surface area contributed by atoms with E-state index in [1.807, 2.05) is 0 Å². The number of likely N-dealkylation sites (N-methyl/N-ethyl adjacent to an activating group) is 1. The average Bonchev–Trinajstić information content (AvgIpc) is 2.67. The van der Waals surface area contributed by atoms with Crippen molar-refractivity contribution in [2.45, 2.75) is 0 Å². The molecule has 0 saturated carbocycles. The molecule has 0 radical (unpaired) electrons. The van der Waals surface area contributed by atoms with Crippen LogP contribution in [0.15, 0.2) is 36.4 Å². The smallest absolute Gasteiger partial charge is 0.259 e. The maximum Gasteiger partial charge on any atom is 0.259 e. The van der Waals surface area contributed by atoms with Crippen LogP contribution in [0.2, 0.25) is 5.02 Å². The van der Waals surface area contributed by atoms with Gasteiger partial charge in [0.25, 0.3) is 11.8 Å². The highest BCUT2D eigenvalue weighted by Gasteiger charge is 2.19. The summed E-state index contributed by atoms with van der Waals surface area (Å²) >= 11 is 6.17. The first kappa shape index (κ1) is 18.8. The molecule has 2 aromatic rings. The van der Waals surface area contributed by atoms with E-state index in [9.17, 15) is 9.59 Å². The normalized spacial score (nSPS) is 12.3. The fraction of sp³-hybridized carbons (Fsp3) is 0.263. The van der Waals surface area contributed by atoms with Crippen LogP contribution in [0.5, 0.6) is 17.2 Å². The summed E-state index contributed by atoms with van der Waals surface area (Å²) in [5.74, 6) is 0.972. The number of halogens is 1. The average molecular weight is 391 g/mol. The number of fused-ring (bicyclic) bond motifs is 1. The number of amides is 2. The second-order valence-electron chi connectivity index (χ2n) is 6.04. The minimum Gasteiger partial charge on any atom is -0.486 e. The molecule has 1 heterocycles. The zero-order valence-corrected chi connectivity index (χ0v) is 15.7. The van der Waals surface area contributed by atoms with Gasteiger partial charge in [0.15, 0.2) is 18.1 Å². The van der Waals surface area contributed by atoms with Crippen LogP contribution >= 0.6 is 11.6 Å². The largest absolute Gasteiger partial charge is 0.486 e. The number of rotatable bonds is 5. The van der Waals surface area contributed by atoms with Gasteiger partial charge in [-0.15, -0.1) is 0 Å². The molecule has 0 fully saturated rings. The molecule has 0 aliphatic carbocycles. The van der Waals surface area contributed by atoms with Gasteiger partial charge < -0.3 is 24.4 Å². The van der Waals surface area contributed by atoms with Crippen LogP contribution in [0, 0.1) is 0 Å². The van der Waals surface area contributed by atoms with Gasteiger partial charge in [-0.3, -0.25) is 9.59 Å². The van der Waals surface area contributed by atoms with Crippen molar-refractivity contribution in [3.05, 3.63) is 47.0 Å². The van der Waals surface area contributed by atoms with Gasteiger partial charge in [0, 0.05) is 25.3 Å². The number of carbonyl (C=O) groups is 2. The first-order chi connectivity index (χ1) is 12.9. The number of ether oxygens (including phenoxy) is 3. The van der Waals surface area contributed by atoms with E-state index in [4.69, 9.17) is 25.8 Å². The number of hydrogen-bond donors (Lipinski definition) is 1. The van der Waals surface area contributed by atoms with Crippen molar-refractivity contribution in [3.8, 4) is 17.2 Å². The Kier molecular flexibility index (Phi) is 5.71. The van der Waals surface area contributed by atoms with E-state index < -0.39 is 0 Å². The lowest BCUT2D eigenvalue weighted by Crippen LogP contribution is -2.27. The Morgan fingerprint density at radius 3 is 2.56 bits per heavy atom. The van der Waals surface area contributed by atoms with E-state index in [1.165, 1.54) is 11.0 Å². The van der Waals surface area contributed by atoms with Gasteiger partial charge in [0.05, 0.1) is 5.02 Å². The van der Waals surface area contributed by atoms with Gasteiger partial charge in [-0.25, -0.2) is 0 Å². The molecule has 0 atom stereocenters. The zero-order valence-electron chi connectivity index (χ0n) is 15.0. The molecule has 0 unspecified atom stereocenters. The Labute approximate surface area is 161 Å². The third-order valence-electron chi connectivity index (χ3n) is 3.83. The molecular formula is C19H19ClN2O5. The number of anilines is 1. The predicted molar refractivity (Wildman–Crippen MR) is 101 cm³/mol. The van der Waals surface area contributed by atoms with Crippen molar-refractivity contribution < 1.29 is 23.8 Å². The number of nitrogens with zero attached hydrogens (tertiary/aromatic N) is 1. The summed E-state index contributed by atoms with van der Waals surface area (Å²) in [6, 6.07) is 9.86. The maximum atomic E-state index is 12.5. The second-order valence-corrected chi connectivity index (χ2v) is 6.44. The predicted octanol–water partition coefficient (Wildman–Crippen LogP) is 2.83. The van der Waals surface area contributed by atoms with E-state index in [2.05, 4.69) is 5.32 Å². The quantitative estimate of drug-likeness (QED) is 0.849. The first-order valence-electron chi connectivity index (χ1n) is 8.27. The van der Waals surface area contributed by atoms with Crippen LogP contribution in [-0.2, 0) is 4.79 Å². The number of carbonyl (C=O) groups excluding carboxylic acids is 2. The van der Waals surface area contributed by atoms with Gasteiger partial charge in [-0.1, -0.05) is 11.6 Å². The summed E-state index contributed by atoms with van der Waals surface area (Å²) in [4.78, 5) is 25.5. The summed E-state index contributed by atoms with van der Waals surface area (Å²) in [6.45, 7) is 0.785. The molecule has 7 nitrogen and oxygen atoms in total. The van der Waals surface area contributed by atoms with Gasteiger partial charge in [0.1, 0.15) is 19.0 Å². The zero-order chi connectivity index (χ0) is 19.4. The number of nitrogens with one attached hydrogen (secondary N) is 1. The summed E-state index contributed by atoms with van der Waals surface area (Å²) in [5, 5.41) is 3.10. The molecule has 2 aromatic carbocycles. The third kappa shape index (κ3) is 4.62. The Bertz CT molecular complexity index is 852. The van der Waals surface area contributed by atoms with E-state index in [1.54, 1.807) is 44.4 Å². The molecule has 1 aliphatic heterocycles. The fourth-order valence-corrected chi connectivity index (χ4v) is 2.62. The van der Waals surface area contributed by atoms with Gasteiger partial charge in [0.2, 0.25) is 0 Å². The molecule has 1 N–H and O–H groups in total. The topological polar surface area (TPSA) is 77.1 Å². The highest BCUT2D eigenvalue weighted by atomic mass is 35.5. The lowest BCUT2D eigenvalue weighted by Gasteiger charge is -2.20. The molecule has 142 valence electrons. The SMILES string of the molecule is CN(C)C(=O)COc1ccc(NC(=O)c2cc(Cl)c3c(c2)OCCO3)cc1. The van der Waals surface area contributed by atoms with Crippen molar-refractivity contribution in [2.24, 2.45) is 0 Å². The Hall–Kier alpha value is -2.93. The molecule has 0 bridgehead atoms. The van der Waals surface area contributed by atoms with Crippen LogP contribution < -0.4 is 19.5 Å². The van der Waals surface area contributed by atoms with E-state index in [0.29, 0.717) is 46.7 Å². The highest BCUT2D eigenvalue weighted by molar-refractivity contribution is 6.32. The summed E-state index contributed by atoms with van der Waals surface area (Å²) in [7, 11) is 3.32. The summed E-state index contributed by atoms with van der Waals surface area (Å²) in [5.41, 5.74) is 0.943. The van der Waals surface area contributed by atoms with Crippen molar-refractivity contribution in [2.75, 3.05) is 39.2 Å². The molecule has 3 rings (SSSR count). The van der Waals surface area contributed by atoms with E-state index >= 15 is 0 Å². The highest BCUT2D eigenvalue weighted by Crippen LogP contribution is 2.38. The molecule has 1 aliphatic rings. The molecular weight excluding hydrogens is 372 g/mol. The van der Waals surface area contributed by atoms with Crippen LogP contribution in [0.4, 0.5) is 5.69 Å². The van der Waals surface area contributed by atoms with E-state index in [0.717, 1.165) is 0 Å². The summed E-state index contributed by atoms with van der Waals surface area (Å²) in [6.07, 6.45) is 0. The van der Waals surface area contributed by atoms with Gasteiger partial charge in [-0.05, 0) is 36.4 Å². The van der Waals surface area contributed by atoms with Crippen molar-refractivity contribution in [3.63, 3.8) is 0 Å². The molecule has 2 amide bonds. The Morgan fingerprint density at radius 1 is 1.15 bits per heavy atom. The van der Waals surface area contributed by atoms with Crippen molar-refractivity contribution in [1.29, 1.82) is 0 Å². The van der Waals surface area contributed by atoms with Crippen molar-refractivity contribution in [1.82, 2.24) is 4.90 Å². The fourth-order valence-electron chi connectivity index (χ4n) is 2.35. The van der Waals surface area contributed by atoms with Gasteiger partial charge in [-0.2, -0.15) is 0 Å². The monoisotopic (exact) mass is 390 g/mol. The van der Waals surface area contributed by atoms with E-state index in [-0.39, 0.29) is 18.4 Å². The molecule has 8 heteroatoms. The van der Waals surface area contributed by atoms with Crippen LogP contribution in [-0.4, -0.2) is 50.6 Å². The number of benzene rings is 2. The molecule has 0 saturated heterocycles. The summed E-state index contributed by atoms with van der Waals surface area (Å²) < 4.78 is 16.3. The van der Waals surface area contributed by atoms with Gasteiger partial charge >= 0.3 is 0 Å². The third-order valence-corrected chi connectivity index (χ3v) is 4.11. The lowest BCUT2D eigenvalue weighted by atomic mass is 10.1. The molecule has 27 heavy (non-hydrogen) atoms. The van der Waals surface area contributed by atoms with Crippen molar-refractivity contribution >= 4 is 29.1 Å². The maximum absolute atomic E-state index is 12.5. The minimum absolute atomic E-state index is 0.0472. The number of hydrogen-bond acceptors (Lipinski definition) is 5. The minimum atomic E-state index is -0.328. The second kappa shape index (κ2) is 8.18. The van der Waals surface area contributed by atoms with Crippen LogP contribution in [0.3, 0.4) is 0 Å². The van der Waals surface area contributed by atoms with Crippen LogP contribution in [0.25, 0.3) is 0 Å². The van der Waals surface area contributed by atoms with Crippen LogP contribution in [0.1, 0.15) is 10.4 Å².